The molecule has 3 heteroatoms. The van der Waals surface area contributed by atoms with Gasteiger partial charge in [0.15, 0.2) is 11.6 Å². The van der Waals surface area contributed by atoms with Gasteiger partial charge in [0.25, 0.3) is 0 Å². The molecule has 17 heavy (non-hydrogen) atoms. The smallest absolute Gasteiger partial charge is 0.162 e. The summed E-state index contributed by atoms with van der Waals surface area (Å²) in [6.45, 7) is 6.42. The van der Waals surface area contributed by atoms with Gasteiger partial charge < -0.3 is 5.73 Å². The minimum Gasteiger partial charge on any atom is -0.327 e. The number of hydrogen-bond acceptors (Lipinski definition) is 1. The molecular weight excluding hydrogens is 220 g/mol. The minimum absolute atomic E-state index is 0.120. The van der Waals surface area contributed by atoms with Crippen molar-refractivity contribution in [3.05, 3.63) is 35.4 Å². The highest BCUT2D eigenvalue weighted by atomic mass is 19.2. The van der Waals surface area contributed by atoms with Crippen LogP contribution < -0.4 is 5.73 Å². The Hall–Kier alpha value is -0.960. The van der Waals surface area contributed by atoms with Crippen LogP contribution in [-0.2, 0) is 6.42 Å². The zero-order chi connectivity index (χ0) is 13.1. The van der Waals surface area contributed by atoms with E-state index in [0.717, 1.165) is 18.9 Å². The quantitative estimate of drug-likeness (QED) is 0.855. The van der Waals surface area contributed by atoms with E-state index in [2.05, 4.69) is 20.8 Å². The molecule has 1 unspecified atom stereocenters. The molecule has 0 amide bonds. The highest BCUT2D eigenvalue weighted by Crippen LogP contribution is 2.22. The Labute approximate surface area is 102 Å². The minimum atomic E-state index is -0.800. The van der Waals surface area contributed by atoms with Crippen LogP contribution in [0.4, 0.5) is 8.78 Å². The normalized spacial score (nSPS) is 13.8. The summed E-state index contributed by atoms with van der Waals surface area (Å²) in [6.07, 6.45) is 2.18. The second-order valence-electron chi connectivity index (χ2n) is 5.78. The second-order valence-corrected chi connectivity index (χ2v) is 5.78. The van der Waals surface area contributed by atoms with Gasteiger partial charge in [-0.25, -0.2) is 8.78 Å². The highest BCUT2D eigenvalue weighted by molar-refractivity contribution is 5.19. The van der Waals surface area contributed by atoms with E-state index in [-0.39, 0.29) is 11.5 Å². The Morgan fingerprint density at radius 3 is 2.47 bits per heavy atom. The van der Waals surface area contributed by atoms with Crippen molar-refractivity contribution in [3.8, 4) is 0 Å². The van der Waals surface area contributed by atoms with Crippen LogP contribution in [0, 0.1) is 17.0 Å². The number of benzene rings is 1. The number of nitrogens with two attached hydrogens (primary N) is 1. The van der Waals surface area contributed by atoms with Crippen LogP contribution in [0.15, 0.2) is 18.2 Å². The molecule has 0 aromatic heterocycles. The van der Waals surface area contributed by atoms with E-state index in [1.165, 1.54) is 6.07 Å². The first-order valence-corrected chi connectivity index (χ1v) is 5.98. The molecule has 0 aliphatic heterocycles. The van der Waals surface area contributed by atoms with Gasteiger partial charge in [0, 0.05) is 6.04 Å². The van der Waals surface area contributed by atoms with E-state index >= 15 is 0 Å². The average Bonchev–Trinajstić information content (AvgIpc) is 2.21. The molecule has 1 aromatic rings. The van der Waals surface area contributed by atoms with Crippen molar-refractivity contribution in [1.29, 1.82) is 0 Å². The van der Waals surface area contributed by atoms with Crippen LogP contribution in [0.25, 0.3) is 0 Å². The Kier molecular flexibility index (Phi) is 4.63. The number of hydrogen-bond donors (Lipinski definition) is 1. The van der Waals surface area contributed by atoms with Crippen molar-refractivity contribution < 1.29 is 8.78 Å². The van der Waals surface area contributed by atoms with E-state index in [9.17, 15) is 8.78 Å². The zero-order valence-electron chi connectivity index (χ0n) is 10.8. The van der Waals surface area contributed by atoms with Crippen molar-refractivity contribution in [3.63, 3.8) is 0 Å². The summed E-state index contributed by atoms with van der Waals surface area (Å²) >= 11 is 0. The molecule has 1 rings (SSSR count). The lowest BCUT2D eigenvalue weighted by Gasteiger charge is -2.21. The molecule has 96 valence electrons. The molecule has 0 bridgehead atoms. The summed E-state index contributed by atoms with van der Waals surface area (Å²) in [6, 6.07) is 4.12. The second kappa shape index (κ2) is 5.58. The maximum atomic E-state index is 13.4. The van der Waals surface area contributed by atoms with Gasteiger partial charge in [0.05, 0.1) is 0 Å². The lowest BCUT2D eigenvalue weighted by Crippen LogP contribution is -2.25. The van der Waals surface area contributed by atoms with Gasteiger partial charge in [0.1, 0.15) is 0 Å². The topological polar surface area (TPSA) is 26.0 Å². The molecule has 0 radical (unpaired) electrons. The molecule has 2 N–H and O–H groups in total. The molecule has 1 aromatic carbocycles. The van der Waals surface area contributed by atoms with E-state index in [0.29, 0.717) is 12.0 Å². The Bertz CT molecular complexity index is 369. The molecule has 0 saturated heterocycles. The fraction of sp³-hybridized carbons (Fsp3) is 0.571. The predicted molar refractivity (Wildman–Crippen MR) is 66.7 cm³/mol. The van der Waals surface area contributed by atoms with Gasteiger partial charge in [0.2, 0.25) is 0 Å². The zero-order valence-corrected chi connectivity index (χ0v) is 10.8. The molecule has 0 fully saturated rings. The third-order valence-electron chi connectivity index (χ3n) is 2.78. The molecular formula is C14H21F2N. The van der Waals surface area contributed by atoms with Crippen LogP contribution in [-0.4, -0.2) is 6.04 Å². The van der Waals surface area contributed by atoms with Crippen molar-refractivity contribution in [2.75, 3.05) is 0 Å². The average molecular weight is 241 g/mol. The summed E-state index contributed by atoms with van der Waals surface area (Å²) in [7, 11) is 0. The first-order valence-electron chi connectivity index (χ1n) is 5.98. The molecule has 0 saturated carbocycles. The standard InChI is InChI=1S/C14H21F2N/c1-14(2,3)8-7-11(17)9-10-5-4-6-12(15)13(10)16/h4-6,11H,7-9,17H2,1-3H3. The van der Waals surface area contributed by atoms with Crippen molar-refractivity contribution in [2.45, 2.75) is 46.1 Å². The van der Waals surface area contributed by atoms with Crippen LogP contribution >= 0.6 is 0 Å². The number of rotatable bonds is 4. The van der Waals surface area contributed by atoms with Crippen LogP contribution in [0.3, 0.4) is 0 Å². The molecule has 1 nitrogen and oxygen atoms in total. The van der Waals surface area contributed by atoms with E-state index in [4.69, 9.17) is 5.73 Å². The maximum absolute atomic E-state index is 13.4. The van der Waals surface area contributed by atoms with E-state index in [1.807, 2.05) is 0 Å². The van der Waals surface area contributed by atoms with Crippen molar-refractivity contribution in [2.24, 2.45) is 11.1 Å². The number of halogens is 2. The Balaban J connectivity index is 2.56. The fourth-order valence-electron chi connectivity index (χ4n) is 1.71. The summed E-state index contributed by atoms with van der Waals surface area (Å²) in [5.41, 5.74) is 6.53. The third-order valence-corrected chi connectivity index (χ3v) is 2.78. The largest absolute Gasteiger partial charge is 0.327 e. The van der Waals surface area contributed by atoms with Gasteiger partial charge in [-0.3, -0.25) is 0 Å². The van der Waals surface area contributed by atoms with Gasteiger partial charge in [-0.1, -0.05) is 32.9 Å². The van der Waals surface area contributed by atoms with Crippen LogP contribution in [0.2, 0.25) is 0 Å². The summed E-state index contributed by atoms with van der Waals surface area (Å²) < 4.78 is 26.4. The molecule has 0 heterocycles. The highest BCUT2D eigenvalue weighted by Gasteiger charge is 2.15. The first-order chi connectivity index (χ1) is 7.79. The Morgan fingerprint density at radius 1 is 1.24 bits per heavy atom. The molecule has 0 aliphatic carbocycles. The van der Waals surface area contributed by atoms with Crippen molar-refractivity contribution in [1.82, 2.24) is 0 Å². The fourth-order valence-corrected chi connectivity index (χ4v) is 1.71. The van der Waals surface area contributed by atoms with E-state index < -0.39 is 11.6 Å². The molecule has 0 aliphatic rings. The van der Waals surface area contributed by atoms with E-state index in [1.54, 1.807) is 6.07 Å². The lowest BCUT2D eigenvalue weighted by atomic mass is 9.87. The van der Waals surface area contributed by atoms with Crippen molar-refractivity contribution >= 4 is 0 Å². The molecule has 1 atom stereocenters. The van der Waals surface area contributed by atoms with Gasteiger partial charge in [-0.05, 0) is 36.3 Å². The lowest BCUT2D eigenvalue weighted by molar-refractivity contribution is 0.346. The third kappa shape index (κ3) is 4.82. The molecule has 0 spiro atoms. The van der Waals surface area contributed by atoms with Gasteiger partial charge in [-0.2, -0.15) is 0 Å². The van der Waals surface area contributed by atoms with Gasteiger partial charge >= 0.3 is 0 Å². The van der Waals surface area contributed by atoms with Crippen LogP contribution in [0.1, 0.15) is 39.2 Å². The predicted octanol–water partition coefficient (Wildman–Crippen LogP) is 3.66. The first kappa shape index (κ1) is 14.1. The summed E-state index contributed by atoms with van der Waals surface area (Å²) in [5, 5.41) is 0. The van der Waals surface area contributed by atoms with Gasteiger partial charge in [-0.15, -0.1) is 0 Å². The summed E-state index contributed by atoms with van der Waals surface area (Å²) in [5.74, 6) is -1.57. The van der Waals surface area contributed by atoms with Crippen LogP contribution in [0.5, 0.6) is 0 Å². The summed E-state index contributed by atoms with van der Waals surface area (Å²) in [4.78, 5) is 0. The monoisotopic (exact) mass is 241 g/mol. The Morgan fingerprint density at radius 2 is 1.88 bits per heavy atom. The maximum Gasteiger partial charge on any atom is 0.162 e. The SMILES string of the molecule is CC(C)(C)CCC(N)Cc1cccc(F)c1F.